The molecule has 0 unspecified atom stereocenters. The maximum Gasteiger partial charge on any atom is 0.321 e. The minimum atomic E-state index is -0.209. The van der Waals surface area contributed by atoms with E-state index < -0.39 is 0 Å². The van der Waals surface area contributed by atoms with E-state index in [0.29, 0.717) is 23.0 Å². The van der Waals surface area contributed by atoms with Gasteiger partial charge >= 0.3 is 6.03 Å². The topological polar surface area (TPSA) is 80.5 Å². The number of aromatic nitrogens is 1. The van der Waals surface area contributed by atoms with Crippen LogP contribution in [0.5, 0.6) is 11.6 Å². The average Bonchev–Trinajstić information content (AvgIpc) is 2.51. The van der Waals surface area contributed by atoms with Crippen LogP contribution in [0.1, 0.15) is 6.42 Å². The number of nitrogens with two attached hydrogens (primary N) is 1. The predicted molar refractivity (Wildman–Crippen MR) is 96.6 cm³/mol. The molecule has 0 aliphatic carbocycles. The van der Waals surface area contributed by atoms with E-state index in [4.69, 9.17) is 22.1 Å². The zero-order valence-electron chi connectivity index (χ0n) is 13.3. The Morgan fingerprint density at radius 3 is 2.96 bits per heavy atom. The Hall–Kier alpha value is -2.73. The SMILES string of the molecule is C=CCCN(C)C(=O)Nc1cccc(Oc2cc(Cl)cc(N)n2)c1. The van der Waals surface area contributed by atoms with E-state index in [2.05, 4.69) is 16.9 Å². The minimum absolute atomic E-state index is 0.209. The number of pyridine rings is 1. The van der Waals surface area contributed by atoms with Gasteiger partial charge in [0.15, 0.2) is 0 Å². The third-order valence-electron chi connectivity index (χ3n) is 3.11. The molecule has 0 aliphatic rings. The summed E-state index contributed by atoms with van der Waals surface area (Å²) in [6.45, 7) is 4.24. The molecular weight excluding hydrogens is 328 g/mol. The van der Waals surface area contributed by atoms with Crippen LogP contribution in [0.3, 0.4) is 0 Å². The van der Waals surface area contributed by atoms with Crippen molar-refractivity contribution >= 4 is 29.1 Å². The lowest BCUT2D eigenvalue weighted by molar-refractivity contribution is 0.223. The largest absolute Gasteiger partial charge is 0.439 e. The summed E-state index contributed by atoms with van der Waals surface area (Å²) in [5, 5.41) is 3.24. The average molecular weight is 347 g/mol. The van der Waals surface area contributed by atoms with Crippen LogP contribution in [0.25, 0.3) is 0 Å². The molecule has 1 aromatic heterocycles. The minimum Gasteiger partial charge on any atom is -0.439 e. The number of amides is 2. The number of carbonyl (C=O) groups is 1. The van der Waals surface area contributed by atoms with Gasteiger partial charge in [0, 0.05) is 36.4 Å². The summed E-state index contributed by atoms with van der Waals surface area (Å²) >= 11 is 5.92. The normalized spacial score (nSPS) is 10.1. The molecule has 6 nitrogen and oxygen atoms in total. The summed E-state index contributed by atoms with van der Waals surface area (Å²) < 4.78 is 5.63. The van der Waals surface area contributed by atoms with Crippen molar-refractivity contribution in [2.24, 2.45) is 0 Å². The summed E-state index contributed by atoms with van der Waals surface area (Å²) in [5.41, 5.74) is 6.25. The molecule has 1 aromatic carbocycles. The molecule has 0 atom stereocenters. The number of halogens is 1. The Bertz CT molecular complexity index is 716. The summed E-state index contributed by atoms with van der Waals surface area (Å²) in [5.74, 6) is 1.06. The van der Waals surface area contributed by atoms with Crippen LogP contribution < -0.4 is 15.8 Å². The molecule has 3 N–H and O–H groups in total. The number of hydrogen-bond acceptors (Lipinski definition) is 4. The fourth-order valence-electron chi connectivity index (χ4n) is 1.91. The molecule has 2 amide bonds. The van der Waals surface area contributed by atoms with E-state index in [-0.39, 0.29) is 17.7 Å². The highest BCUT2D eigenvalue weighted by molar-refractivity contribution is 6.30. The molecule has 7 heteroatoms. The Balaban J connectivity index is 2.05. The quantitative estimate of drug-likeness (QED) is 0.770. The molecule has 0 radical (unpaired) electrons. The second-order valence-electron chi connectivity index (χ2n) is 5.11. The number of nitrogen functional groups attached to an aromatic ring is 1. The number of nitrogens with one attached hydrogen (secondary N) is 1. The predicted octanol–water partition coefficient (Wildman–Crippen LogP) is 4.15. The first kappa shape index (κ1) is 17.6. The van der Waals surface area contributed by atoms with Crippen molar-refractivity contribution in [1.82, 2.24) is 9.88 Å². The van der Waals surface area contributed by atoms with Crippen molar-refractivity contribution in [3.05, 3.63) is 54.1 Å². The molecule has 0 bridgehead atoms. The molecule has 1 heterocycles. The van der Waals surface area contributed by atoms with Crippen LogP contribution >= 0.6 is 11.6 Å². The first-order valence-electron chi connectivity index (χ1n) is 7.32. The smallest absolute Gasteiger partial charge is 0.321 e. The molecule has 0 saturated heterocycles. The second kappa shape index (κ2) is 8.21. The number of urea groups is 1. The number of rotatable bonds is 6. The molecule has 24 heavy (non-hydrogen) atoms. The van der Waals surface area contributed by atoms with Gasteiger partial charge in [-0.2, -0.15) is 4.98 Å². The van der Waals surface area contributed by atoms with E-state index in [1.165, 1.54) is 6.07 Å². The van der Waals surface area contributed by atoms with Gasteiger partial charge in [-0.05, 0) is 24.6 Å². The van der Waals surface area contributed by atoms with Crippen molar-refractivity contribution in [3.63, 3.8) is 0 Å². The van der Waals surface area contributed by atoms with Crippen LogP contribution in [-0.2, 0) is 0 Å². The van der Waals surface area contributed by atoms with Crippen LogP contribution in [0.4, 0.5) is 16.3 Å². The zero-order valence-corrected chi connectivity index (χ0v) is 14.1. The van der Waals surface area contributed by atoms with Crippen LogP contribution in [-0.4, -0.2) is 29.5 Å². The lowest BCUT2D eigenvalue weighted by Gasteiger charge is -2.17. The highest BCUT2D eigenvalue weighted by atomic mass is 35.5. The number of anilines is 2. The van der Waals surface area contributed by atoms with Crippen LogP contribution in [0.2, 0.25) is 5.02 Å². The number of carbonyl (C=O) groups excluding carboxylic acids is 1. The van der Waals surface area contributed by atoms with Gasteiger partial charge in [0.2, 0.25) is 5.88 Å². The second-order valence-corrected chi connectivity index (χ2v) is 5.54. The zero-order chi connectivity index (χ0) is 17.5. The van der Waals surface area contributed by atoms with Crippen molar-refractivity contribution in [1.29, 1.82) is 0 Å². The van der Waals surface area contributed by atoms with E-state index in [1.807, 2.05) is 0 Å². The fraction of sp³-hybridized carbons (Fsp3) is 0.176. The molecule has 0 fully saturated rings. The fourth-order valence-corrected chi connectivity index (χ4v) is 2.11. The van der Waals surface area contributed by atoms with Gasteiger partial charge in [-0.3, -0.25) is 0 Å². The first-order valence-corrected chi connectivity index (χ1v) is 7.69. The maximum atomic E-state index is 12.1. The van der Waals surface area contributed by atoms with Gasteiger partial charge in [-0.15, -0.1) is 6.58 Å². The Morgan fingerprint density at radius 2 is 2.25 bits per heavy atom. The molecule has 126 valence electrons. The highest BCUT2D eigenvalue weighted by Gasteiger charge is 2.09. The van der Waals surface area contributed by atoms with E-state index >= 15 is 0 Å². The summed E-state index contributed by atoms with van der Waals surface area (Å²) in [7, 11) is 1.72. The monoisotopic (exact) mass is 346 g/mol. The molecule has 0 spiro atoms. The summed E-state index contributed by atoms with van der Waals surface area (Å²) in [4.78, 5) is 17.7. The molecule has 2 aromatic rings. The maximum absolute atomic E-state index is 12.1. The Morgan fingerprint density at radius 1 is 1.46 bits per heavy atom. The van der Waals surface area contributed by atoms with E-state index in [9.17, 15) is 4.79 Å². The number of benzene rings is 1. The van der Waals surface area contributed by atoms with Gasteiger partial charge in [0.1, 0.15) is 11.6 Å². The lowest BCUT2D eigenvalue weighted by atomic mass is 10.3. The van der Waals surface area contributed by atoms with Gasteiger partial charge < -0.3 is 20.7 Å². The van der Waals surface area contributed by atoms with Crippen molar-refractivity contribution in [2.75, 3.05) is 24.6 Å². The molecule has 0 aliphatic heterocycles. The van der Waals surface area contributed by atoms with Crippen LogP contribution in [0, 0.1) is 0 Å². The highest BCUT2D eigenvalue weighted by Crippen LogP contribution is 2.26. The standard InChI is InChI=1S/C17H19ClN4O2/c1-3-4-8-22(2)17(23)20-13-6-5-7-14(11-13)24-16-10-12(18)9-15(19)21-16/h3,5-7,9-11H,1,4,8H2,2H3,(H2,19,21)(H,20,23). The van der Waals surface area contributed by atoms with Gasteiger partial charge in [-0.25, -0.2) is 4.79 Å². The summed E-state index contributed by atoms with van der Waals surface area (Å²) in [6.07, 6.45) is 2.50. The van der Waals surface area contributed by atoms with E-state index in [1.54, 1.807) is 48.4 Å². The first-order chi connectivity index (χ1) is 11.5. The van der Waals surface area contributed by atoms with Gasteiger partial charge in [-0.1, -0.05) is 23.7 Å². The molecular formula is C17H19ClN4O2. The lowest BCUT2D eigenvalue weighted by Crippen LogP contribution is -2.31. The Labute approximate surface area is 145 Å². The molecule has 0 saturated carbocycles. The van der Waals surface area contributed by atoms with Crippen molar-refractivity contribution in [3.8, 4) is 11.6 Å². The van der Waals surface area contributed by atoms with Gasteiger partial charge in [0.05, 0.1) is 0 Å². The number of nitrogens with zero attached hydrogens (tertiary/aromatic N) is 2. The van der Waals surface area contributed by atoms with Gasteiger partial charge in [0.25, 0.3) is 0 Å². The van der Waals surface area contributed by atoms with Crippen molar-refractivity contribution in [2.45, 2.75) is 6.42 Å². The molecule has 2 rings (SSSR count). The Kier molecular flexibility index (Phi) is 6.03. The van der Waals surface area contributed by atoms with Crippen molar-refractivity contribution < 1.29 is 9.53 Å². The number of hydrogen-bond donors (Lipinski definition) is 2. The number of ether oxygens (including phenoxy) is 1. The summed E-state index contributed by atoms with van der Waals surface area (Å²) in [6, 6.07) is 9.86. The third-order valence-corrected chi connectivity index (χ3v) is 3.33. The van der Waals surface area contributed by atoms with E-state index in [0.717, 1.165) is 6.42 Å². The van der Waals surface area contributed by atoms with Crippen LogP contribution in [0.15, 0.2) is 49.1 Å². The third kappa shape index (κ3) is 5.17.